The molecule has 17 heavy (non-hydrogen) atoms. The molecule has 2 heterocycles. The Morgan fingerprint density at radius 1 is 1.29 bits per heavy atom. The summed E-state index contributed by atoms with van der Waals surface area (Å²) in [4.78, 5) is 6.86. The van der Waals surface area contributed by atoms with Crippen molar-refractivity contribution >= 4 is 0 Å². The van der Waals surface area contributed by atoms with Gasteiger partial charge in [0, 0.05) is 19.5 Å². The first-order chi connectivity index (χ1) is 8.17. The van der Waals surface area contributed by atoms with Crippen molar-refractivity contribution in [3.8, 4) is 0 Å². The van der Waals surface area contributed by atoms with E-state index in [1.54, 1.807) is 0 Å². The van der Waals surface area contributed by atoms with Crippen molar-refractivity contribution in [1.82, 2.24) is 15.0 Å². The van der Waals surface area contributed by atoms with Crippen LogP contribution in [0.2, 0.25) is 0 Å². The SMILES string of the molecule is CCCc1noc(CN2C[C@H](C)C[C@H](C)C2)n1. The molecular formula is C13H23N3O. The van der Waals surface area contributed by atoms with Crippen LogP contribution in [0, 0.1) is 11.8 Å². The smallest absolute Gasteiger partial charge is 0.240 e. The van der Waals surface area contributed by atoms with Gasteiger partial charge in [-0.3, -0.25) is 4.90 Å². The Hall–Kier alpha value is -0.900. The van der Waals surface area contributed by atoms with Crippen LogP contribution < -0.4 is 0 Å². The summed E-state index contributed by atoms with van der Waals surface area (Å²) in [7, 11) is 0. The third kappa shape index (κ3) is 3.53. The molecule has 0 N–H and O–H groups in total. The summed E-state index contributed by atoms with van der Waals surface area (Å²) in [5.41, 5.74) is 0. The highest BCUT2D eigenvalue weighted by Gasteiger charge is 2.23. The number of hydrogen-bond donors (Lipinski definition) is 0. The Morgan fingerprint density at radius 2 is 2.00 bits per heavy atom. The number of aryl methyl sites for hydroxylation is 1. The first-order valence-electron chi connectivity index (χ1n) is 6.71. The molecule has 1 fully saturated rings. The quantitative estimate of drug-likeness (QED) is 0.807. The van der Waals surface area contributed by atoms with Gasteiger partial charge in [-0.25, -0.2) is 0 Å². The van der Waals surface area contributed by atoms with Gasteiger partial charge in [0.15, 0.2) is 5.82 Å². The molecule has 4 nitrogen and oxygen atoms in total. The third-order valence-corrected chi connectivity index (χ3v) is 3.29. The minimum absolute atomic E-state index is 0.773. The molecule has 2 atom stereocenters. The van der Waals surface area contributed by atoms with Crippen LogP contribution in [0.15, 0.2) is 4.52 Å². The van der Waals surface area contributed by atoms with Gasteiger partial charge >= 0.3 is 0 Å². The summed E-state index contributed by atoms with van der Waals surface area (Å²) in [6.07, 6.45) is 3.31. The predicted octanol–water partition coefficient (Wildman–Crippen LogP) is 2.50. The summed E-state index contributed by atoms with van der Waals surface area (Å²) in [5, 5.41) is 4.00. The van der Waals surface area contributed by atoms with E-state index in [2.05, 4.69) is 35.8 Å². The van der Waals surface area contributed by atoms with Crippen LogP contribution in [-0.4, -0.2) is 28.1 Å². The summed E-state index contributed by atoms with van der Waals surface area (Å²) in [5.74, 6) is 3.17. The Morgan fingerprint density at radius 3 is 2.65 bits per heavy atom. The molecule has 0 radical (unpaired) electrons. The van der Waals surface area contributed by atoms with Crippen molar-refractivity contribution in [2.24, 2.45) is 11.8 Å². The topological polar surface area (TPSA) is 42.2 Å². The van der Waals surface area contributed by atoms with Gasteiger partial charge in [-0.2, -0.15) is 4.98 Å². The number of rotatable bonds is 4. The molecule has 1 aromatic rings. The van der Waals surface area contributed by atoms with E-state index in [9.17, 15) is 0 Å². The molecular weight excluding hydrogens is 214 g/mol. The van der Waals surface area contributed by atoms with Crippen LogP contribution in [0.4, 0.5) is 0 Å². The second-order valence-electron chi connectivity index (χ2n) is 5.49. The first kappa shape index (κ1) is 12.6. The minimum atomic E-state index is 0.773. The van der Waals surface area contributed by atoms with E-state index >= 15 is 0 Å². The molecule has 1 aliphatic heterocycles. The van der Waals surface area contributed by atoms with Gasteiger partial charge in [-0.15, -0.1) is 0 Å². The molecule has 0 aromatic carbocycles. The van der Waals surface area contributed by atoms with E-state index in [4.69, 9.17) is 4.52 Å². The fourth-order valence-electron chi connectivity index (χ4n) is 2.79. The third-order valence-electron chi connectivity index (χ3n) is 3.29. The second kappa shape index (κ2) is 5.63. The largest absolute Gasteiger partial charge is 0.338 e. The van der Waals surface area contributed by atoms with Gasteiger partial charge in [0.2, 0.25) is 5.89 Å². The number of likely N-dealkylation sites (tertiary alicyclic amines) is 1. The average molecular weight is 237 g/mol. The second-order valence-corrected chi connectivity index (χ2v) is 5.49. The Kier molecular flexibility index (Phi) is 4.15. The van der Waals surface area contributed by atoms with Crippen molar-refractivity contribution in [2.45, 2.75) is 46.6 Å². The molecule has 0 saturated carbocycles. The molecule has 0 aliphatic carbocycles. The summed E-state index contributed by atoms with van der Waals surface area (Å²) in [6.45, 7) is 9.87. The van der Waals surface area contributed by atoms with Crippen LogP contribution in [0.5, 0.6) is 0 Å². The van der Waals surface area contributed by atoms with E-state index in [-0.39, 0.29) is 0 Å². The summed E-state index contributed by atoms with van der Waals surface area (Å²) in [6, 6.07) is 0. The lowest BCUT2D eigenvalue weighted by Crippen LogP contribution is -2.38. The average Bonchev–Trinajstić information content (AvgIpc) is 2.64. The molecule has 1 saturated heterocycles. The number of hydrogen-bond acceptors (Lipinski definition) is 4. The van der Waals surface area contributed by atoms with Crippen molar-refractivity contribution in [1.29, 1.82) is 0 Å². The lowest BCUT2D eigenvalue weighted by molar-refractivity contribution is 0.121. The van der Waals surface area contributed by atoms with Crippen LogP contribution in [0.25, 0.3) is 0 Å². The zero-order valence-electron chi connectivity index (χ0n) is 11.1. The van der Waals surface area contributed by atoms with E-state index in [1.807, 2.05) is 0 Å². The Labute approximate surface area is 103 Å². The molecule has 0 unspecified atom stereocenters. The maximum absolute atomic E-state index is 5.29. The first-order valence-corrected chi connectivity index (χ1v) is 6.71. The lowest BCUT2D eigenvalue weighted by atomic mass is 9.92. The van der Waals surface area contributed by atoms with Gasteiger partial charge in [0.05, 0.1) is 6.54 Å². The van der Waals surface area contributed by atoms with E-state index in [0.717, 1.165) is 56.0 Å². The maximum atomic E-state index is 5.29. The molecule has 0 amide bonds. The molecule has 4 heteroatoms. The molecule has 2 rings (SSSR count). The van der Waals surface area contributed by atoms with Crippen LogP contribution in [0.1, 0.15) is 45.3 Å². The van der Waals surface area contributed by atoms with Crippen molar-refractivity contribution < 1.29 is 4.52 Å². The van der Waals surface area contributed by atoms with E-state index in [1.165, 1.54) is 6.42 Å². The normalized spacial score (nSPS) is 26.3. The Bertz CT molecular complexity index is 340. The van der Waals surface area contributed by atoms with E-state index in [0.29, 0.717) is 0 Å². The predicted molar refractivity (Wildman–Crippen MR) is 66.5 cm³/mol. The monoisotopic (exact) mass is 237 g/mol. The molecule has 1 aliphatic rings. The highest BCUT2D eigenvalue weighted by atomic mass is 16.5. The van der Waals surface area contributed by atoms with Crippen molar-refractivity contribution in [3.05, 3.63) is 11.7 Å². The highest BCUT2D eigenvalue weighted by molar-refractivity contribution is 4.87. The van der Waals surface area contributed by atoms with Crippen molar-refractivity contribution in [2.75, 3.05) is 13.1 Å². The molecule has 96 valence electrons. The van der Waals surface area contributed by atoms with Gasteiger partial charge < -0.3 is 4.52 Å². The standard InChI is InChI=1S/C13H23N3O/c1-4-5-12-14-13(17-15-12)9-16-7-10(2)6-11(3)8-16/h10-11H,4-9H2,1-3H3/t10-,11+. The number of nitrogens with zero attached hydrogens (tertiary/aromatic N) is 3. The fourth-order valence-corrected chi connectivity index (χ4v) is 2.79. The lowest BCUT2D eigenvalue weighted by Gasteiger charge is -2.33. The Balaban J connectivity index is 1.90. The molecule has 1 aromatic heterocycles. The molecule has 0 bridgehead atoms. The molecule has 0 spiro atoms. The maximum Gasteiger partial charge on any atom is 0.240 e. The zero-order chi connectivity index (χ0) is 12.3. The van der Waals surface area contributed by atoms with Gasteiger partial charge in [0.1, 0.15) is 0 Å². The summed E-state index contributed by atoms with van der Waals surface area (Å²) < 4.78 is 5.29. The van der Waals surface area contributed by atoms with Crippen LogP contribution in [0.3, 0.4) is 0 Å². The van der Waals surface area contributed by atoms with E-state index < -0.39 is 0 Å². The van der Waals surface area contributed by atoms with Crippen molar-refractivity contribution in [3.63, 3.8) is 0 Å². The summed E-state index contributed by atoms with van der Waals surface area (Å²) >= 11 is 0. The number of aromatic nitrogens is 2. The van der Waals surface area contributed by atoms with Gasteiger partial charge in [0.25, 0.3) is 0 Å². The highest BCUT2D eigenvalue weighted by Crippen LogP contribution is 2.22. The zero-order valence-corrected chi connectivity index (χ0v) is 11.1. The fraction of sp³-hybridized carbons (Fsp3) is 0.846. The minimum Gasteiger partial charge on any atom is -0.338 e. The van der Waals surface area contributed by atoms with Gasteiger partial charge in [-0.1, -0.05) is 25.9 Å². The number of piperidine rings is 1. The van der Waals surface area contributed by atoms with Crippen LogP contribution >= 0.6 is 0 Å². The van der Waals surface area contributed by atoms with Crippen LogP contribution in [-0.2, 0) is 13.0 Å². The van der Waals surface area contributed by atoms with Gasteiger partial charge in [-0.05, 0) is 24.7 Å².